The van der Waals surface area contributed by atoms with Crippen LogP contribution in [0, 0.1) is 0 Å². The smallest absolute Gasteiger partial charge is 0.278 e. The summed E-state index contributed by atoms with van der Waals surface area (Å²) in [5, 5.41) is 17.5. The summed E-state index contributed by atoms with van der Waals surface area (Å²) in [5.74, 6) is -1.22. The molecule has 0 aliphatic carbocycles. The van der Waals surface area contributed by atoms with Crippen LogP contribution in [0.25, 0.3) is 0 Å². The average molecular weight is 194 g/mol. The number of aliphatic imine (C=N–C) groups is 1. The summed E-state index contributed by atoms with van der Waals surface area (Å²) in [4.78, 5) is 24.0. The van der Waals surface area contributed by atoms with Crippen LogP contribution >= 0.6 is 0 Å². The molecule has 0 fully saturated rings. The Bertz CT molecular complexity index is 410. The van der Waals surface area contributed by atoms with Crippen LogP contribution in [0.5, 0.6) is 5.75 Å². The summed E-state index contributed by atoms with van der Waals surface area (Å²) >= 11 is 0. The first-order chi connectivity index (χ1) is 6.69. The van der Waals surface area contributed by atoms with Gasteiger partial charge in [0, 0.05) is 6.07 Å². The van der Waals surface area contributed by atoms with E-state index < -0.39 is 5.91 Å². The fourth-order valence-electron chi connectivity index (χ4n) is 0.895. The van der Waals surface area contributed by atoms with Crippen molar-refractivity contribution in [2.45, 2.75) is 0 Å². The van der Waals surface area contributed by atoms with Crippen LogP contribution in [0.15, 0.2) is 23.2 Å². The highest BCUT2D eigenvalue weighted by Gasteiger charge is 2.09. The zero-order chi connectivity index (χ0) is 10.6. The molecule has 0 unspecified atom stereocenters. The predicted octanol–water partition coefficient (Wildman–Crippen LogP) is 0.478. The number of hydrogen-bond donors (Lipinski definition) is 3. The Morgan fingerprint density at radius 2 is 2.21 bits per heavy atom. The topological polar surface area (TPSA) is 99.0 Å². The molecule has 1 amide bonds. The Balaban J connectivity index is 3.13. The van der Waals surface area contributed by atoms with Crippen LogP contribution in [-0.4, -0.2) is 22.3 Å². The quantitative estimate of drug-likeness (QED) is 0.276. The predicted molar refractivity (Wildman–Crippen MR) is 45.1 cm³/mol. The van der Waals surface area contributed by atoms with Gasteiger partial charge >= 0.3 is 0 Å². The molecule has 0 aliphatic rings. The second-order valence-electron chi connectivity index (χ2n) is 2.35. The van der Waals surface area contributed by atoms with E-state index in [1.165, 1.54) is 23.7 Å². The first kappa shape index (κ1) is 9.91. The van der Waals surface area contributed by atoms with Crippen molar-refractivity contribution in [3.63, 3.8) is 0 Å². The number of aromatic hydroxyl groups is 1. The fraction of sp³-hybridized carbons (Fsp3) is 0. The van der Waals surface area contributed by atoms with Crippen LogP contribution in [0.4, 0.5) is 5.69 Å². The van der Waals surface area contributed by atoms with E-state index >= 15 is 0 Å². The first-order valence-electron chi connectivity index (χ1n) is 3.54. The molecule has 0 aromatic heterocycles. The lowest BCUT2D eigenvalue weighted by Crippen LogP contribution is -2.18. The number of nitrogens with one attached hydrogen (secondary N) is 1. The molecule has 0 saturated heterocycles. The number of carbonyl (C=O) groups excluding carboxylic acids is 2. The van der Waals surface area contributed by atoms with Gasteiger partial charge in [0.15, 0.2) is 0 Å². The van der Waals surface area contributed by atoms with Gasteiger partial charge in [0.2, 0.25) is 6.08 Å². The number of benzene rings is 1. The van der Waals surface area contributed by atoms with Gasteiger partial charge in [-0.2, -0.15) is 4.99 Å². The van der Waals surface area contributed by atoms with Crippen LogP contribution in [0.1, 0.15) is 10.4 Å². The summed E-state index contributed by atoms with van der Waals surface area (Å²) in [6, 6.07) is 3.65. The number of phenols is 1. The van der Waals surface area contributed by atoms with Crippen molar-refractivity contribution >= 4 is 17.7 Å². The summed E-state index contributed by atoms with van der Waals surface area (Å²) in [6.45, 7) is 0. The molecule has 1 rings (SSSR count). The largest absolute Gasteiger partial charge is 0.507 e. The number of rotatable bonds is 2. The summed E-state index contributed by atoms with van der Waals surface area (Å²) in [5.41, 5.74) is 1.43. The summed E-state index contributed by atoms with van der Waals surface area (Å²) in [7, 11) is 0. The molecule has 0 aliphatic heterocycles. The molecule has 0 atom stereocenters. The maximum absolute atomic E-state index is 10.9. The molecular weight excluding hydrogens is 188 g/mol. The van der Waals surface area contributed by atoms with Crippen LogP contribution in [0.2, 0.25) is 0 Å². The van der Waals surface area contributed by atoms with E-state index in [-0.39, 0.29) is 17.0 Å². The van der Waals surface area contributed by atoms with Crippen LogP contribution in [-0.2, 0) is 4.79 Å². The van der Waals surface area contributed by atoms with Crippen molar-refractivity contribution in [2.24, 2.45) is 4.99 Å². The molecule has 0 radical (unpaired) electrons. The molecule has 0 bridgehead atoms. The molecule has 6 nitrogen and oxygen atoms in total. The molecule has 72 valence electrons. The maximum Gasteiger partial charge on any atom is 0.278 e. The molecule has 0 saturated carbocycles. The number of isocyanates is 1. The van der Waals surface area contributed by atoms with Crippen molar-refractivity contribution in [3.05, 3.63) is 23.8 Å². The summed E-state index contributed by atoms with van der Waals surface area (Å²) < 4.78 is 0. The van der Waals surface area contributed by atoms with Gasteiger partial charge in [-0.3, -0.25) is 10.0 Å². The molecule has 0 heterocycles. The van der Waals surface area contributed by atoms with Gasteiger partial charge in [0.05, 0.1) is 11.3 Å². The highest BCUT2D eigenvalue weighted by Crippen LogP contribution is 2.23. The molecule has 6 heteroatoms. The number of amides is 1. The SMILES string of the molecule is O=C=Nc1ccc(C(=O)NO)c(O)c1. The molecule has 1 aromatic carbocycles. The second kappa shape index (κ2) is 4.18. The fourth-order valence-corrected chi connectivity index (χ4v) is 0.895. The van der Waals surface area contributed by atoms with Crippen LogP contribution in [0.3, 0.4) is 0 Å². The van der Waals surface area contributed by atoms with Gasteiger partial charge in [-0.25, -0.2) is 10.3 Å². The number of hydroxylamine groups is 1. The third-order valence-electron chi connectivity index (χ3n) is 1.50. The molecular formula is C8H6N2O4. The van der Waals surface area contributed by atoms with Crippen molar-refractivity contribution in [1.82, 2.24) is 5.48 Å². The molecule has 1 aromatic rings. The lowest BCUT2D eigenvalue weighted by Gasteiger charge is -2.01. The van der Waals surface area contributed by atoms with Gasteiger partial charge in [0.1, 0.15) is 5.75 Å². The normalized spacial score (nSPS) is 8.93. The average Bonchev–Trinajstić information content (AvgIpc) is 2.17. The number of nitrogens with zero attached hydrogens (tertiary/aromatic N) is 1. The maximum atomic E-state index is 10.9. The van der Waals surface area contributed by atoms with Crippen molar-refractivity contribution < 1.29 is 19.9 Å². The first-order valence-corrected chi connectivity index (χ1v) is 3.54. The molecule has 0 spiro atoms. The minimum atomic E-state index is -0.843. The highest BCUT2D eigenvalue weighted by molar-refractivity contribution is 5.96. The van der Waals surface area contributed by atoms with Gasteiger partial charge in [0.25, 0.3) is 5.91 Å². The van der Waals surface area contributed by atoms with Gasteiger partial charge in [-0.15, -0.1) is 0 Å². The number of hydrogen-bond acceptors (Lipinski definition) is 5. The standard InChI is InChI=1S/C8H6N2O4/c11-4-9-5-1-2-6(7(12)3-5)8(13)10-14/h1-3,12,14H,(H,10,13). The highest BCUT2D eigenvalue weighted by atomic mass is 16.5. The minimum absolute atomic E-state index is 0.114. The lowest BCUT2D eigenvalue weighted by atomic mass is 10.2. The lowest BCUT2D eigenvalue weighted by molar-refractivity contribution is 0.0703. The van der Waals surface area contributed by atoms with Crippen molar-refractivity contribution in [2.75, 3.05) is 0 Å². The van der Waals surface area contributed by atoms with E-state index in [9.17, 15) is 14.7 Å². The Labute approximate surface area is 78.5 Å². The van der Waals surface area contributed by atoms with Crippen molar-refractivity contribution in [1.29, 1.82) is 0 Å². The second-order valence-corrected chi connectivity index (χ2v) is 2.35. The third kappa shape index (κ3) is 1.95. The zero-order valence-electron chi connectivity index (χ0n) is 6.89. The van der Waals surface area contributed by atoms with Gasteiger partial charge in [-0.05, 0) is 12.1 Å². The van der Waals surface area contributed by atoms with Crippen LogP contribution < -0.4 is 5.48 Å². The number of phenolic OH excluding ortho intramolecular Hbond substituents is 1. The Hall–Kier alpha value is -2.17. The van der Waals surface area contributed by atoms with E-state index in [2.05, 4.69) is 4.99 Å². The zero-order valence-corrected chi connectivity index (χ0v) is 6.89. The monoisotopic (exact) mass is 194 g/mol. The third-order valence-corrected chi connectivity index (χ3v) is 1.50. The van der Waals surface area contributed by atoms with E-state index in [4.69, 9.17) is 5.21 Å². The van der Waals surface area contributed by atoms with Gasteiger partial charge < -0.3 is 5.11 Å². The Morgan fingerprint density at radius 1 is 1.50 bits per heavy atom. The van der Waals surface area contributed by atoms with Gasteiger partial charge in [-0.1, -0.05) is 0 Å². The van der Waals surface area contributed by atoms with E-state index in [1.807, 2.05) is 0 Å². The Kier molecular flexibility index (Phi) is 2.96. The molecule has 14 heavy (non-hydrogen) atoms. The Morgan fingerprint density at radius 3 is 2.71 bits per heavy atom. The summed E-state index contributed by atoms with van der Waals surface area (Å²) in [6.07, 6.45) is 1.29. The minimum Gasteiger partial charge on any atom is -0.507 e. The van der Waals surface area contributed by atoms with E-state index in [0.717, 1.165) is 6.07 Å². The van der Waals surface area contributed by atoms with Crippen molar-refractivity contribution in [3.8, 4) is 5.75 Å². The van der Waals surface area contributed by atoms with E-state index in [1.54, 1.807) is 0 Å². The van der Waals surface area contributed by atoms with E-state index in [0.29, 0.717) is 0 Å². The molecule has 3 N–H and O–H groups in total. The number of carbonyl (C=O) groups is 1.